The lowest BCUT2D eigenvalue weighted by molar-refractivity contribution is -0.136. The smallest absolute Gasteiger partial charge is 0.389 e. The Labute approximate surface area is 156 Å². The number of aromatic nitrogens is 1. The standard InChI is InChI=1S/C19H15F5N2O2/c20-14-8-13-16(9-15(14)21)25-10-17(13)26-18(27)11-3-1-4-12(7-11)28-6-2-5-19(22,23)24/h1,3-4,7-10,25H,2,5-6H2,(H,26,27). The molecule has 1 aromatic heterocycles. The van der Waals surface area contributed by atoms with Crippen molar-refractivity contribution in [2.24, 2.45) is 0 Å². The third kappa shape index (κ3) is 4.79. The maximum absolute atomic E-state index is 13.5. The predicted molar refractivity (Wildman–Crippen MR) is 93.4 cm³/mol. The topological polar surface area (TPSA) is 54.1 Å². The van der Waals surface area contributed by atoms with E-state index in [2.05, 4.69) is 10.3 Å². The van der Waals surface area contributed by atoms with Crippen molar-refractivity contribution in [3.05, 3.63) is 59.8 Å². The summed E-state index contributed by atoms with van der Waals surface area (Å²) < 4.78 is 68.4. The number of carbonyl (C=O) groups excluding carboxylic acids is 1. The molecule has 0 atom stereocenters. The van der Waals surface area contributed by atoms with Crippen molar-refractivity contribution in [3.8, 4) is 5.75 Å². The molecule has 0 radical (unpaired) electrons. The van der Waals surface area contributed by atoms with E-state index in [1.54, 1.807) is 0 Å². The quantitative estimate of drug-likeness (QED) is 0.430. The molecule has 4 nitrogen and oxygen atoms in total. The van der Waals surface area contributed by atoms with Crippen molar-refractivity contribution < 1.29 is 31.5 Å². The Morgan fingerprint density at radius 3 is 2.61 bits per heavy atom. The maximum Gasteiger partial charge on any atom is 0.389 e. The fraction of sp³-hybridized carbons (Fsp3) is 0.211. The second-order valence-electron chi connectivity index (χ2n) is 6.06. The third-order valence-electron chi connectivity index (χ3n) is 3.94. The van der Waals surface area contributed by atoms with Gasteiger partial charge in [0.1, 0.15) is 5.75 Å². The van der Waals surface area contributed by atoms with Crippen LogP contribution in [-0.4, -0.2) is 23.7 Å². The van der Waals surface area contributed by atoms with Gasteiger partial charge in [0.15, 0.2) is 11.6 Å². The number of halogens is 5. The van der Waals surface area contributed by atoms with Crippen LogP contribution in [0.4, 0.5) is 27.6 Å². The van der Waals surface area contributed by atoms with Crippen molar-refractivity contribution in [3.63, 3.8) is 0 Å². The summed E-state index contributed by atoms with van der Waals surface area (Å²) in [5.74, 6) is -2.34. The van der Waals surface area contributed by atoms with Gasteiger partial charge in [-0.15, -0.1) is 0 Å². The molecule has 0 spiro atoms. The van der Waals surface area contributed by atoms with Gasteiger partial charge in [-0.3, -0.25) is 4.79 Å². The average molecular weight is 398 g/mol. The van der Waals surface area contributed by atoms with Crippen LogP contribution in [0.15, 0.2) is 42.6 Å². The Balaban J connectivity index is 1.67. The molecule has 3 aromatic rings. The van der Waals surface area contributed by atoms with Gasteiger partial charge in [0.05, 0.1) is 17.8 Å². The van der Waals surface area contributed by atoms with Crippen LogP contribution < -0.4 is 10.1 Å². The lowest BCUT2D eigenvalue weighted by atomic mass is 10.2. The number of rotatable bonds is 6. The van der Waals surface area contributed by atoms with Crippen LogP contribution in [0.1, 0.15) is 23.2 Å². The number of benzene rings is 2. The largest absolute Gasteiger partial charge is 0.494 e. The lowest BCUT2D eigenvalue weighted by Crippen LogP contribution is -2.12. The molecule has 148 valence electrons. The van der Waals surface area contributed by atoms with Crippen LogP contribution in [0, 0.1) is 11.6 Å². The van der Waals surface area contributed by atoms with E-state index in [1.165, 1.54) is 30.5 Å². The van der Waals surface area contributed by atoms with Crippen LogP contribution in [0.3, 0.4) is 0 Å². The number of carbonyl (C=O) groups is 1. The number of nitrogens with one attached hydrogen (secondary N) is 2. The van der Waals surface area contributed by atoms with Gasteiger partial charge < -0.3 is 15.0 Å². The maximum atomic E-state index is 13.5. The number of hydrogen-bond acceptors (Lipinski definition) is 2. The molecule has 0 saturated heterocycles. The van der Waals surface area contributed by atoms with E-state index in [0.717, 1.165) is 12.1 Å². The fourth-order valence-electron chi connectivity index (χ4n) is 2.60. The van der Waals surface area contributed by atoms with Crippen LogP contribution in [0.5, 0.6) is 5.75 Å². The number of fused-ring (bicyclic) bond motifs is 1. The highest BCUT2D eigenvalue weighted by Crippen LogP contribution is 2.26. The zero-order valence-corrected chi connectivity index (χ0v) is 14.4. The third-order valence-corrected chi connectivity index (χ3v) is 3.94. The Morgan fingerprint density at radius 1 is 1.11 bits per heavy atom. The second kappa shape index (κ2) is 7.87. The molecule has 3 rings (SSSR count). The minimum Gasteiger partial charge on any atom is -0.494 e. The van der Waals surface area contributed by atoms with Crippen molar-refractivity contribution in [1.29, 1.82) is 0 Å². The van der Waals surface area contributed by atoms with Gasteiger partial charge in [0.25, 0.3) is 5.91 Å². The van der Waals surface area contributed by atoms with E-state index >= 15 is 0 Å². The zero-order valence-electron chi connectivity index (χ0n) is 14.4. The Morgan fingerprint density at radius 2 is 1.86 bits per heavy atom. The molecular formula is C19H15F5N2O2. The Hall–Kier alpha value is -3.10. The van der Waals surface area contributed by atoms with Gasteiger partial charge in [-0.2, -0.15) is 13.2 Å². The van der Waals surface area contributed by atoms with Crippen molar-refractivity contribution in [2.45, 2.75) is 19.0 Å². The minimum atomic E-state index is -4.24. The summed E-state index contributed by atoms with van der Waals surface area (Å²) in [5, 5.41) is 2.88. The number of amides is 1. The predicted octanol–water partition coefficient (Wildman–Crippen LogP) is 5.42. The lowest BCUT2D eigenvalue weighted by Gasteiger charge is -2.09. The average Bonchev–Trinajstić information content (AvgIpc) is 3.00. The van der Waals surface area contributed by atoms with Gasteiger partial charge in [0.2, 0.25) is 0 Å². The van der Waals surface area contributed by atoms with Gasteiger partial charge >= 0.3 is 6.18 Å². The van der Waals surface area contributed by atoms with E-state index in [1.807, 2.05) is 0 Å². The second-order valence-corrected chi connectivity index (χ2v) is 6.06. The molecule has 1 amide bonds. The van der Waals surface area contributed by atoms with Crippen molar-refractivity contribution in [1.82, 2.24) is 4.98 Å². The summed E-state index contributed by atoms with van der Waals surface area (Å²) in [4.78, 5) is 15.2. The first-order valence-electron chi connectivity index (χ1n) is 8.30. The summed E-state index contributed by atoms with van der Waals surface area (Å²) in [6, 6.07) is 7.88. The van der Waals surface area contributed by atoms with Gasteiger partial charge in [0, 0.05) is 29.6 Å². The number of alkyl halides is 3. The molecule has 28 heavy (non-hydrogen) atoms. The summed E-state index contributed by atoms with van der Waals surface area (Å²) in [5.41, 5.74) is 0.775. The molecule has 9 heteroatoms. The molecule has 0 aliphatic heterocycles. The molecule has 0 aliphatic carbocycles. The monoisotopic (exact) mass is 398 g/mol. The molecule has 0 saturated carbocycles. The van der Waals surface area contributed by atoms with E-state index in [-0.39, 0.29) is 30.0 Å². The number of hydrogen-bond donors (Lipinski definition) is 2. The fourth-order valence-corrected chi connectivity index (χ4v) is 2.60. The molecule has 1 heterocycles. The van der Waals surface area contributed by atoms with E-state index in [9.17, 15) is 26.7 Å². The zero-order chi connectivity index (χ0) is 20.3. The van der Waals surface area contributed by atoms with E-state index < -0.39 is 30.1 Å². The molecule has 0 unspecified atom stereocenters. The molecule has 0 aliphatic rings. The van der Waals surface area contributed by atoms with Crippen LogP contribution in [0.25, 0.3) is 10.9 Å². The molecule has 0 bridgehead atoms. The summed E-state index contributed by atoms with van der Waals surface area (Å²) >= 11 is 0. The molecule has 0 fully saturated rings. The Bertz CT molecular complexity index is 998. The highest BCUT2D eigenvalue weighted by atomic mass is 19.4. The van der Waals surface area contributed by atoms with Crippen LogP contribution >= 0.6 is 0 Å². The first kappa shape index (κ1) is 19.7. The van der Waals surface area contributed by atoms with Crippen molar-refractivity contribution >= 4 is 22.5 Å². The highest BCUT2D eigenvalue weighted by molar-refractivity contribution is 6.09. The highest BCUT2D eigenvalue weighted by Gasteiger charge is 2.26. The van der Waals surface area contributed by atoms with Crippen molar-refractivity contribution in [2.75, 3.05) is 11.9 Å². The summed E-state index contributed by atoms with van der Waals surface area (Å²) in [6.07, 6.45) is -3.99. The summed E-state index contributed by atoms with van der Waals surface area (Å²) in [6.45, 7) is -0.141. The van der Waals surface area contributed by atoms with E-state index in [0.29, 0.717) is 10.9 Å². The number of anilines is 1. The van der Waals surface area contributed by atoms with Crippen LogP contribution in [-0.2, 0) is 0 Å². The van der Waals surface area contributed by atoms with E-state index in [4.69, 9.17) is 4.74 Å². The Kier molecular flexibility index (Phi) is 5.53. The van der Waals surface area contributed by atoms with Gasteiger partial charge in [-0.05, 0) is 30.7 Å². The van der Waals surface area contributed by atoms with Gasteiger partial charge in [-0.1, -0.05) is 6.07 Å². The first-order chi connectivity index (χ1) is 13.2. The SMILES string of the molecule is O=C(Nc1c[nH]c2cc(F)c(F)cc12)c1cccc(OCCCC(F)(F)F)c1. The normalized spacial score (nSPS) is 11.6. The molecule has 2 aromatic carbocycles. The van der Waals surface area contributed by atoms with Gasteiger partial charge in [-0.25, -0.2) is 8.78 Å². The molecular weight excluding hydrogens is 383 g/mol. The first-order valence-corrected chi connectivity index (χ1v) is 8.30. The number of H-pyrrole nitrogens is 1. The van der Waals surface area contributed by atoms with Crippen LogP contribution in [0.2, 0.25) is 0 Å². The molecule has 2 N–H and O–H groups in total. The number of aromatic amines is 1. The summed E-state index contributed by atoms with van der Waals surface area (Å²) in [7, 11) is 0. The number of ether oxygens (including phenoxy) is 1. The minimum absolute atomic E-state index is 0.141.